The van der Waals surface area contributed by atoms with Gasteiger partial charge in [-0.3, -0.25) is 14.5 Å². The first kappa shape index (κ1) is 15.3. The van der Waals surface area contributed by atoms with E-state index in [9.17, 15) is 18.4 Å². The molecule has 0 spiro atoms. The van der Waals surface area contributed by atoms with Gasteiger partial charge >= 0.3 is 5.97 Å². The van der Waals surface area contributed by atoms with Crippen molar-refractivity contribution in [1.29, 1.82) is 0 Å². The molecule has 1 amide bonds. The summed E-state index contributed by atoms with van der Waals surface area (Å²) in [4.78, 5) is 24.3. The fraction of sp³-hybridized carbons (Fsp3) is 0.385. The molecule has 114 valence electrons. The Morgan fingerprint density at radius 3 is 2.62 bits per heavy atom. The molecule has 0 aromatic heterocycles. The highest BCUT2D eigenvalue weighted by Crippen LogP contribution is 2.13. The zero-order chi connectivity index (χ0) is 15.4. The van der Waals surface area contributed by atoms with Crippen LogP contribution in [0.15, 0.2) is 18.2 Å². The average molecular weight is 300 g/mol. The van der Waals surface area contributed by atoms with Crippen molar-refractivity contribution in [2.45, 2.75) is 6.04 Å². The van der Waals surface area contributed by atoms with Gasteiger partial charge in [-0.25, -0.2) is 8.78 Å². The zero-order valence-electron chi connectivity index (χ0n) is 11.0. The molecule has 0 radical (unpaired) electrons. The molecule has 1 unspecified atom stereocenters. The van der Waals surface area contributed by atoms with Gasteiger partial charge in [0.15, 0.2) is 0 Å². The Morgan fingerprint density at radius 2 is 2.00 bits per heavy atom. The van der Waals surface area contributed by atoms with Crippen molar-refractivity contribution in [3.05, 3.63) is 29.8 Å². The number of benzene rings is 1. The van der Waals surface area contributed by atoms with E-state index in [2.05, 4.69) is 5.32 Å². The molecule has 1 aliphatic rings. The summed E-state index contributed by atoms with van der Waals surface area (Å²) in [6.45, 7) is 0.420. The van der Waals surface area contributed by atoms with E-state index in [1.165, 1.54) is 4.90 Å². The lowest BCUT2D eigenvalue weighted by atomic mass is 10.2. The van der Waals surface area contributed by atoms with Gasteiger partial charge < -0.3 is 15.2 Å². The number of ether oxygens (including phenoxy) is 1. The van der Waals surface area contributed by atoms with Crippen molar-refractivity contribution < 1.29 is 28.2 Å². The molecular formula is C13H14F2N2O4. The summed E-state index contributed by atoms with van der Waals surface area (Å²) in [5.74, 6) is -3.24. The van der Waals surface area contributed by atoms with E-state index >= 15 is 0 Å². The van der Waals surface area contributed by atoms with Crippen LogP contribution in [0.3, 0.4) is 0 Å². The van der Waals surface area contributed by atoms with Crippen LogP contribution in [0.5, 0.6) is 0 Å². The number of morpholine rings is 1. The number of nitrogens with zero attached hydrogens (tertiary/aromatic N) is 1. The number of hydrogen-bond acceptors (Lipinski definition) is 4. The molecule has 2 rings (SSSR count). The topological polar surface area (TPSA) is 78.9 Å². The highest BCUT2D eigenvalue weighted by Gasteiger charge is 2.30. The third kappa shape index (κ3) is 4.20. The first-order valence-electron chi connectivity index (χ1n) is 6.26. The van der Waals surface area contributed by atoms with E-state index in [1.54, 1.807) is 0 Å². The van der Waals surface area contributed by atoms with Crippen LogP contribution in [-0.4, -0.2) is 54.2 Å². The SMILES string of the molecule is O=C(CN1CCOCC1C(=O)O)Nc1cc(F)cc(F)c1. The molecule has 1 aliphatic heterocycles. The van der Waals surface area contributed by atoms with Gasteiger partial charge in [-0.1, -0.05) is 0 Å². The minimum Gasteiger partial charge on any atom is -0.480 e. The number of hydrogen-bond donors (Lipinski definition) is 2. The van der Waals surface area contributed by atoms with Crippen molar-refractivity contribution in [1.82, 2.24) is 4.90 Å². The van der Waals surface area contributed by atoms with Gasteiger partial charge in [-0.15, -0.1) is 0 Å². The highest BCUT2D eigenvalue weighted by molar-refractivity contribution is 5.92. The summed E-state index contributed by atoms with van der Waals surface area (Å²) in [6.07, 6.45) is 0. The van der Waals surface area contributed by atoms with Crippen LogP contribution in [0.4, 0.5) is 14.5 Å². The second-order valence-corrected chi connectivity index (χ2v) is 4.61. The van der Waals surface area contributed by atoms with E-state index in [0.29, 0.717) is 19.2 Å². The number of halogens is 2. The largest absolute Gasteiger partial charge is 0.480 e. The second kappa shape index (κ2) is 6.59. The number of carboxylic acid groups (broad SMARTS) is 1. The number of carboxylic acids is 1. The van der Waals surface area contributed by atoms with Gasteiger partial charge in [0.25, 0.3) is 0 Å². The average Bonchev–Trinajstić information content (AvgIpc) is 2.37. The van der Waals surface area contributed by atoms with Crippen LogP contribution in [0.25, 0.3) is 0 Å². The summed E-state index contributed by atoms with van der Waals surface area (Å²) >= 11 is 0. The molecule has 1 atom stereocenters. The predicted molar refractivity (Wildman–Crippen MR) is 68.8 cm³/mol. The Balaban J connectivity index is 1.98. The maximum Gasteiger partial charge on any atom is 0.323 e. The summed E-state index contributed by atoms with van der Waals surface area (Å²) in [7, 11) is 0. The molecule has 1 aromatic carbocycles. The molecule has 1 heterocycles. The molecule has 0 bridgehead atoms. The lowest BCUT2D eigenvalue weighted by Crippen LogP contribution is -2.52. The van der Waals surface area contributed by atoms with Gasteiger partial charge in [0.05, 0.1) is 19.8 Å². The Morgan fingerprint density at radius 1 is 1.33 bits per heavy atom. The fourth-order valence-corrected chi connectivity index (χ4v) is 2.07. The van der Waals surface area contributed by atoms with Crippen LogP contribution < -0.4 is 5.32 Å². The van der Waals surface area contributed by atoms with Gasteiger partial charge in [0.2, 0.25) is 5.91 Å². The van der Waals surface area contributed by atoms with Crippen LogP contribution >= 0.6 is 0 Å². The van der Waals surface area contributed by atoms with Crippen molar-refractivity contribution in [3.63, 3.8) is 0 Å². The molecule has 21 heavy (non-hydrogen) atoms. The van der Waals surface area contributed by atoms with Gasteiger partial charge in [-0.2, -0.15) is 0 Å². The molecule has 0 aliphatic carbocycles. The van der Waals surface area contributed by atoms with Crippen LogP contribution in [0.1, 0.15) is 0 Å². The third-order valence-electron chi connectivity index (χ3n) is 3.02. The Kier molecular flexibility index (Phi) is 4.81. The van der Waals surface area contributed by atoms with E-state index in [1.807, 2.05) is 0 Å². The number of anilines is 1. The standard InChI is InChI=1S/C13H14F2N2O4/c14-8-3-9(15)5-10(4-8)16-12(18)6-17-1-2-21-7-11(17)13(19)20/h3-5,11H,1-2,6-7H2,(H,16,18)(H,19,20). The number of rotatable bonds is 4. The van der Waals surface area contributed by atoms with Crippen molar-refractivity contribution in [2.24, 2.45) is 0 Å². The monoisotopic (exact) mass is 300 g/mol. The molecule has 0 saturated carbocycles. The van der Waals surface area contributed by atoms with Crippen molar-refractivity contribution in [3.8, 4) is 0 Å². The second-order valence-electron chi connectivity index (χ2n) is 4.61. The smallest absolute Gasteiger partial charge is 0.323 e. The number of nitrogens with one attached hydrogen (secondary N) is 1. The fourth-order valence-electron chi connectivity index (χ4n) is 2.07. The third-order valence-corrected chi connectivity index (χ3v) is 3.02. The molecule has 1 fully saturated rings. The highest BCUT2D eigenvalue weighted by atomic mass is 19.1. The van der Waals surface area contributed by atoms with E-state index in [-0.39, 0.29) is 18.8 Å². The summed E-state index contributed by atoms with van der Waals surface area (Å²) in [5, 5.41) is 11.4. The maximum absolute atomic E-state index is 13.0. The maximum atomic E-state index is 13.0. The minimum atomic E-state index is -1.08. The molecule has 1 aromatic rings. The number of aliphatic carboxylic acids is 1. The minimum absolute atomic E-state index is 0.00277. The van der Waals surface area contributed by atoms with Crippen molar-refractivity contribution >= 4 is 17.6 Å². The normalized spacial score (nSPS) is 19.2. The van der Waals surface area contributed by atoms with Crippen LogP contribution in [-0.2, 0) is 14.3 Å². The zero-order valence-corrected chi connectivity index (χ0v) is 11.0. The van der Waals surface area contributed by atoms with Crippen molar-refractivity contribution in [2.75, 3.05) is 31.6 Å². The number of amides is 1. The lowest BCUT2D eigenvalue weighted by molar-refractivity contribution is -0.150. The molecule has 6 nitrogen and oxygen atoms in total. The first-order chi connectivity index (χ1) is 9.95. The lowest BCUT2D eigenvalue weighted by Gasteiger charge is -2.32. The summed E-state index contributed by atoms with van der Waals surface area (Å²) in [5.41, 5.74) is -0.0161. The first-order valence-corrected chi connectivity index (χ1v) is 6.26. The van der Waals surface area contributed by atoms with E-state index < -0.39 is 29.6 Å². The molecule has 2 N–H and O–H groups in total. The van der Waals surface area contributed by atoms with E-state index in [4.69, 9.17) is 9.84 Å². The molecule has 1 saturated heterocycles. The summed E-state index contributed by atoms with van der Waals surface area (Å²) in [6, 6.07) is 1.75. The Bertz CT molecular complexity index is 533. The van der Waals surface area contributed by atoms with Gasteiger partial charge in [-0.05, 0) is 12.1 Å². The van der Waals surface area contributed by atoms with Gasteiger partial charge in [0, 0.05) is 18.3 Å². The predicted octanol–water partition coefficient (Wildman–Crippen LogP) is 0.689. The van der Waals surface area contributed by atoms with E-state index in [0.717, 1.165) is 12.1 Å². The summed E-state index contributed by atoms with van der Waals surface area (Å²) < 4.78 is 31.1. The Hall–Kier alpha value is -2.06. The quantitative estimate of drug-likeness (QED) is 0.855. The van der Waals surface area contributed by atoms with Gasteiger partial charge in [0.1, 0.15) is 17.7 Å². The van der Waals surface area contributed by atoms with Crippen LogP contribution in [0.2, 0.25) is 0 Å². The van der Waals surface area contributed by atoms with Crippen LogP contribution in [0, 0.1) is 11.6 Å². The Labute approximate surface area is 119 Å². The number of carbonyl (C=O) groups excluding carboxylic acids is 1. The molecule has 8 heteroatoms. The molecular weight excluding hydrogens is 286 g/mol. The number of carbonyl (C=O) groups is 2.